The summed E-state index contributed by atoms with van der Waals surface area (Å²) in [6.45, 7) is 6.40. The van der Waals surface area contributed by atoms with E-state index < -0.39 is 9.84 Å². The van der Waals surface area contributed by atoms with Gasteiger partial charge in [0.15, 0.2) is 15.8 Å². The Labute approximate surface area is 147 Å². The molecular formula is C14H32IN3O2S. The molecule has 0 bridgehead atoms. The van der Waals surface area contributed by atoms with Gasteiger partial charge in [0.25, 0.3) is 0 Å². The number of aliphatic imine (C=N–C) groups is 1. The van der Waals surface area contributed by atoms with Crippen molar-refractivity contribution in [2.75, 3.05) is 25.1 Å². The van der Waals surface area contributed by atoms with Crippen molar-refractivity contribution in [3.63, 3.8) is 0 Å². The molecule has 0 spiro atoms. The van der Waals surface area contributed by atoms with Crippen molar-refractivity contribution in [2.45, 2.75) is 58.9 Å². The SMILES string of the molecule is CCCCCCC(C)NC(=NC)NCCS(=O)(=O)CC.I. The highest BCUT2D eigenvalue weighted by atomic mass is 127. The summed E-state index contributed by atoms with van der Waals surface area (Å²) in [5.74, 6) is 1.02. The summed E-state index contributed by atoms with van der Waals surface area (Å²) in [6, 6.07) is 0.348. The summed E-state index contributed by atoms with van der Waals surface area (Å²) in [4.78, 5) is 4.12. The molecule has 1 atom stereocenters. The molecule has 0 aliphatic heterocycles. The van der Waals surface area contributed by atoms with Gasteiger partial charge in [-0.25, -0.2) is 8.42 Å². The van der Waals surface area contributed by atoms with Crippen LogP contribution in [0.15, 0.2) is 4.99 Å². The van der Waals surface area contributed by atoms with Gasteiger partial charge in [-0.05, 0) is 13.3 Å². The van der Waals surface area contributed by atoms with Gasteiger partial charge in [-0.3, -0.25) is 4.99 Å². The first-order valence-electron chi connectivity index (χ1n) is 7.62. The number of nitrogens with zero attached hydrogens (tertiary/aromatic N) is 1. The van der Waals surface area contributed by atoms with Crippen molar-refractivity contribution in [3.05, 3.63) is 0 Å². The summed E-state index contributed by atoms with van der Waals surface area (Å²) in [5.41, 5.74) is 0. The van der Waals surface area contributed by atoms with Gasteiger partial charge in [-0.1, -0.05) is 39.5 Å². The molecule has 0 saturated carbocycles. The molecule has 7 heteroatoms. The number of unbranched alkanes of at least 4 members (excludes halogenated alkanes) is 3. The van der Waals surface area contributed by atoms with Gasteiger partial charge in [-0.15, -0.1) is 24.0 Å². The van der Waals surface area contributed by atoms with E-state index in [0.29, 0.717) is 18.5 Å². The minimum absolute atomic E-state index is 0. The topological polar surface area (TPSA) is 70.6 Å². The molecule has 0 aromatic heterocycles. The Morgan fingerprint density at radius 3 is 2.38 bits per heavy atom. The molecule has 5 nitrogen and oxygen atoms in total. The fourth-order valence-electron chi connectivity index (χ4n) is 1.85. The quantitative estimate of drug-likeness (QED) is 0.241. The lowest BCUT2D eigenvalue weighted by Crippen LogP contribution is -2.43. The van der Waals surface area contributed by atoms with Crippen LogP contribution in [0.5, 0.6) is 0 Å². The van der Waals surface area contributed by atoms with Crippen LogP contribution in [-0.4, -0.2) is 45.5 Å². The number of guanidine groups is 1. The lowest BCUT2D eigenvalue weighted by atomic mass is 10.1. The first kappa shape index (κ1) is 23.2. The fourth-order valence-corrected chi connectivity index (χ4v) is 2.55. The second-order valence-corrected chi connectivity index (χ2v) is 7.60. The van der Waals surface area contributed by atoms with Crippen LogP contribution in [0.4, 0.5) is 0 Å². The molecule has 0 amide bonds. The third-order valence-corrected chi connectivity index (χ3v) is 4.95. The highest BCUT2D eigenvalue weighted by Gasteiger charge is 2.08. The van der Waals surface area contributed by atoms with Gasteiger partial charge >= 0.3 is 0 Å². The van der Waals surface area contributed by atoms with Crippen molar-refractivity contribution in [1.82, 2.24) is 10.6 Å². The molecule has 0 aliphatic carbocycles. The van der Waals surface area contributed by atoms with E-state index in [2.05, 4.69) is 29.5 Å². The third-order valence-electron chi connectivity index (χ3n) is 3.24. The standard InChI is InChI=1S/C14H31N3O2S.HI/c1-5-7-8-9-10-13(3)17-14(15-4)16-11-12-20(18,19)6-2;/h13H,5-12H2,1-4H3,(H2,15,16,17);1H. The van der Waals surface area contributed by atoms with E-state index in [4.69, 9.17) is 0 Å². The van der Waals surface area contributed by atoms with E-state index in [0.717, 1.165) is 6.42 Å². The minimum atomic E-state index is -2.92. The molecule has 0 aromatic carbocycles. The monoisotopic (exact) mass is 433 g/mol. The average molecular weight is 433 g/mol. The van der Waals surface area contributed by atoms with Gasteiger partial charge in [0.2, 0.25) is 0 Å². The molecule has 128 valence electrons. The zero-order chi connectivity index (χ0) is 15.4. The van der Waals surface area contributed by atoms with Gasteiger partial charge < -0.3 is 10.6 Å². The lowest BCUT2D eigenvalue weighted by molar-refractivity contribution is 0.537. The smallest absolute Gasteiger partial charge is 0.191 e. The van der Waals surface area contributed by atoms with E-state index in [9.17, 15) is 8.42 Å². The molecule has 0 aromatic rings. The summed E-state index contributed by atoms with van der Waals surface area (Å²) >= 11 is 0. The van der Waals surface area contributed by atoms with Crippen LogP contribution in [0.2, 0.25) is 0 Å². The van der Waals surface area contributed by atoms with E-state index in [-0.39, 0.29) is 35.5 Å². The number of rotatable bonds is 10. The van der Waals surface area contributed by atoms with Crippen molar-refractivity contribution in [2.24, 2.45) is 4.99 Å². The summed E-state index contributed by atoms with van der Waals surface area (Å²) < 4.78 is 22.8. The molecule has 0 heterocycles. The number of sulfone groups is 1. The number of halogens is 1. The molecule has 0 radical (unpaired) electrons. The van der Waals surface area contributed by atoms with Crippen LogP contribution in [0.3, 0.4) is 0 Å². The maximum Gasteiger partial charge on any atom is 0.191 e. The van der Waals surface area contributed by atoms with Crippen molar-refractivity contribution in [1.29, 1.82) is 0 Å². The number of nitrogens with one attached hydrogen (secondary N) is 2. The first-order valence-corrected chi connectivity index (χ1v) is 9.44. The van der Waals surface area contributed by atoms with E-state index >= 15 is 0 Å². The number of hydrogen-bond acceptors (Lipinski definition) is 3. The number of hydrogen-bond donors (Lipinski definition) is 2. The van der Waals surface area contributed by atoms with Crippen molar-refractivity contribution < 1.29 is 8.42 Å². The second kappa shape index (κ2) is 13.6. The lowest BCUT2D eigenvalue weighted by Gasteiger charge is -2.17. The van der Waals surface area contributed by atoms with Crippen LogP contribution in [0.25, 0.3) is 0 Å². The fraction of sp³-hybridized carbons (Fsp3) is 0.929. The molecule has 0 saturated heterocycles. The highest BCUT2D eigenvalue weighted by Crippen LogP contribution is 2.05. The second-order valence-electron chi connectivity index (χ2n) is 5.13. The van der Waals surface area contributed by atoms with Crippen molar-refractivity contribution in [3.8, 4) is 0 Å². The zero-order valence-electron chi connectivity index (χ0n) is 13.8. The predicted molar refractivity (Wildman–Crippen MR) is 102 cm³/mol. The Bertz CT molecular complexity index is 372. The third kappa shape index (κ3) is 13.3. The van der Waals surface area contributed by atoms with E-state index in [1.807, 2.05) is 0 Å². The van der Waals surface area contributed by atoms with Crippen LogP contribution < -0.4 is 10.6 Å². The van der Waals surface area contributed by atoms with Gasteiger partial charge in [0, 0.05) is 25.4 Å². The van der Waals surface area contributed by atoms with Crippen LogP contribution >= 0.6 is 24.0 Å². The van der Waals surface area contributed by atoms with Crippen molar-refractivity contribution >= 4 is 39.8 Å². The van der Waals surface area contributed by atoms with Gasteiger partial charge in [0.1, 0.15) is 0 Å². The zero-order valence-corrected chi connectivity index (χ0v) is 17.0. The molecule has 21 heavy (non-hydrogen) atoms. The molecule has 0 aliphatic rings. The normalized spacial score (nSPS) is 13.4. The first-order chi connectivity index (χ1) is 9.45. The maximum atomic E-state index is 11.4. The highest BCUT2D eigenvalue weighted by molar-refractivity contribution is 14.0. The Morgan fingerprint density at radius 1 is 1.19 bits per heavy atom. The van der Waals surface area contributed by atoms with Crippen LogP contribution in [0.1, 0.15) is 52.9 Å². The molecular weight excluding hydrogens is 401 g/mol. The Hall–Kier alpha value is -0.0500. The Balaban J connectivity index is 0. The summed E-state index contributed by atoms with van der Waals surface area (Å²) in [5, 5.41) is 6.34. The summed E-state index contributed by atoms with van der Waals surface area (Å²) in [7, 11) is -1.22. The Kier molecular flexibility index (Phi) is 15.0. The molecule has 0 rings (SSSR count). The average Bonchev–Trinajstić information content (AvgIpc) is 2.42. The molecule has 0 fully saturated rings. The maximum absolute atomic E-state index is 11.4. The van der Waals surface area contributed by atoms with E-state index in [1.165, 1.54) is 25.7 Å². The summed E-state index contributed by atoms with van der Waals surface area (Å²) in [6.07, 6.45) is 6.12. The van der Waals surface area contributed by atoms with Crippen LogP contribution in [0, 0.1) is 0 Å². The largest absolute Gasteiger partial charge is 0.355 e. The Morgan fingerprint density at radius 2 is 1.86 bits per heavy atom. The minimum Gasteiger partial charge on any atom is -0.355 e. The van der Waals surface area contributed by atoms with Gasteiger partial charge in [-0.2, -0.15) is 0 Å². The van der Waals surface area contributed by atoms with Crippen LogP contribution in [-0.2, 0) is 9.84 Å². The van der Waals surface area contributed by atoms with Gasteiger partial charge in [0.05, 0.1) is 5.75 Å². The predicted octanol–water partition coefficient (Wildman–Crippen LogP) is 2.56. The molecule has 1 unspecified atom stereocenters. The molecule has 2 N–H and O–H groups in total. The van der Waals surface area contributed by atoms with E-state index in [1.54, 1.807) is 14.0 Å².